The molecule has 2 fully saturated rings. The number of hydrogen-bond acceptors (Lipinski definition) is 10. The van der Waals surface area contributed by atoms with E-state index >= 15 is 0 Å². The molecule has 2 aliphatic rings. The number of aliphatic hydroxyl groups is 6. The van der Waals surface area contributed by atoms with Crippen molar-refractivity contribution in [3.8, 4) is 0 Å². The zero-order valence-electron chi connectivity index (χ0n) is 18.2. The lowest BCUT2D eigenvalue weighted by Crippen LogP contribution is -2.59. The third-order valence-electron chi connectivity index (χ3n) is 5.38. The van der Waals surface area contributed by atoms with Crippen LogP contribution in [0.1, 0.15) is 33.6 Å². The third kappa shape index (κ3) is 7.29. The van der Waals surface area contributed by atoms with Gasteiger partial charge in [0.15, 0.2) is 12.6 Å². The molecule has 6 N–H and O–H groups in total. The molecular formula is C21H36O10. The lowest BCUT2D eigenvalue weighted by Gasteiger charge is -2.40. The summed E-state index contributed by atoms with van der Waals surface area (Å²) in [5.74, 6) is 0. The number of rotatable bonds is 10. The largest absolute Gasteiger partial charge is 0.394 e. The van der Waals surface area contributed by atoms with Gasteiger partial charge in [-0.15, -0.1) is 0 Å². The molecule has 0 aliphatic carbocycles. The topological polar surface area (TPSA) is 158 Å². The van der Waals surface area contributed by atoms with Crippen molar-refractivity contribution in [3.05, 3.63) is 23.3 Å². The zero-order valence-corrected chi connectivity index (χ0v) is 18.2. The van der Waals surface area contributed by atoms with E-state index in [1.807, 2.05) is 26.8 Å². The van der Waals surface area contributed by atoms with E-state index in [1.165, 1.54) is 5.57 Å². The van der Waals surface area contributed by atoms with Crippen molar-refractivity contribution < 1.29 is 49.6 Å². The molecule has 0 spiro atoms. The molecule has 0 amide bonds. The summed E-state index contributed by atoms with van der Waals surface area (Å²) in [6, 6.07) is 0. The number of ether oxygens (including phenoxy) is 4. The summed E-state index contributed by atoms with van der Waals surface area (Å²) >= 11 is 0. The van der Waals surface area contributed by atoms with Crippen LogP contribution in [0.3, 0.4) is 0 Å². The van der Waals surface area contributed by atoms with Gasteiger partial charge in [0.2, 0.25) is 0 Å². The quantitative estimate of drug-likeness (QED) is 0.228. The van der Waals surface area contributed by atoms with Gasteiger partial charge >= 0.3 is 0 Å². The molecule has 0 aromatic rings. The Morgan fingerprint density at radius 3 is 1.97 bits per heavy atom. The van der Waals surface area contributed by atoms with Gasteiger partial charge in [-0.05, 0) is 33.6 Å². The molecule has 2 saturated heterocycles. The monoisotopic (exact) mass is 448 g/mol. The van der Waals surface area contributed by atoms with Gasteiger partial charge in [-0.1, -0.05) is 23.3 Å². The van der Waals surface area contributed by atoms with Gasteiger partial charge in [-0.3, -0.25) is 0 Å². The van der Waals surface area contributed by atoms with Gasteiger partial charge in [0.25, 0.3) is 0 Å². The molecule has 0 bridgehead atoms. The molecule has 10 heteroatoms. The molecule has 180 valence electrons. The van der Waals surface area contributed by atoms with Gasteiger partial charge in [-0.2, -0.15) is 0 Å². The van der Waals surface area contributed by atoms with Gasteiger partial charge in [0.05, 0.1) is 19.8 Å². The maximum atomic E-state index is 10.2. The van der Waals surface area contributed by atoms with Gasteiger partial charge in [-0.25, -0.2) is 0 Å². The van der Waals surface area contributed by atoms with Crippen LogP contribution in [0.4, 0.5) is 0 Å². The third-order valence-corrected chi connectivity index (χ3v) is 5.38. The van der Waals surface area contributed by atoms with Crippen LogP contribution in [0.15, 0.2) is 23.3 Å². The van der Waals surface area contributed by atoms with Crippen LogP contribution in [0, 0.1) is 0 Å². The first-order valence-corrected chi connectivity index (χ1v) is 10.5. The SMILES string of the molecule is CC(C)=CCC/C(C)=C/CO[C@@H]1O[C@H](CO[C@@H]2O[C@@H](CO)[C@H](O)[C@H]2O)[C@@H](O)[C@H](O)[C@H]1O. The molecule has 2 aliphatic heterocycles. The Labute approximate surface area is 182 Å². The molecule has 0 unspecified atom stereocenters. The van der Waals surface area contributed by atoms with E-state index in [0.29, 0.717) is 0 Å². The lowest BCUT2D eigenvalue weighted by molar-refractivity contribution is -0.308. The van der Waals surface area contributed by atoms with E-state index in [4.69, 9.17) is 24.1 Å². The van der Waals surface area contributed by atoms with Crippen molar-refractivity contribution in [3.63, 3.8) is 0 Å². The Balaban J connectivity index is 1.86. The van der Waals surface area contributed by atoms with Crippen molar-refractivity contribution in [2.24, 2.45) is 0 Å². The predicted molar refractivity (Wildman–Crippen MR) is 109 cm³/mol. The van der Waals surface area contributed by atoms with E-state index in [0.717, 1.165) is 18.4 Å². The second-order valence-electron chi connectivity index (χ2n) is 8.26. The molecular weight excluding hydrogens is 412 g/mol. The molecule has 0 aromatic carbocycles. The molecule has 2 rings (SSSR count). The van der Waals surface area contributed by atoms with E-state index in [2.05, 4.69) is 6.08 Å². The van der Waals surface area contributed by atoms with Gasteiger partial charge in [0.1, 0.15) is 42.7 Å². The first-order chi connectivity index (χ1) is 14.6. The van der Waals surface area contributed by atoms with Crippen molar-refractivity contribution in [1.82, 2.24) is 0 Å². The zero-order chi connectivity index (χ0) is 23.1. The van der Waals surface area contributed by atoms with Gasteiger partial charge < -0.3 is 49.6 Å². The van der Waals surface area contributed by atoms with Crippen molar-refractivity contribution in [1.29, 1.82) is 0 Å². The van der Waals surface area contributed by atoms with Crippen LogP contribution in [0.2, 0.25) is 0 Å². The second-order valence-corrected chi connectivity index (χ2v) is 8.26. The van der Waals surface area contributed by atoms with Gasteiger partial charge in [0, 0.05) is 0 Å². The Hall–Kier alpha value is -0.920. The first kappa shape index (κ1) is 26.3. The van der Waals surface area contributed by atoms with E-state index in [-0.39, 0.29) is 13.2 Å². The van der Waals surface area contributed by atoms with E-state index in [9.17, 15) is 25.5 Å². The van der Waals surface area contributed by atoms with Crippen molar-refractivity contribution >= 4 is 0 Å². The highest BCUT2D eigenvalue weighted by molar-refractivity contribution is 5.02. The standard InChI is InChI=1S/C21H36O10/c1-11(2)5-4-6-12(3)7-8-28-20-19(27)17(25)16(24)14(31-20)10-29-21-18(26)15(23)13(9-22)30-21/h5,7,13-27H,4,6,8-10H2,1-3H3/b12-7+/t13-,14+,15-,16+,17-,18+,19+,20+,21+/m0/s1. The lowest BCUT2D eigenvalue weighted by atomic mass is 9.99. The van der Waals surface area contributed by atoms with E-state index in [1.54, 1.807) is 0 Å². The molecule has 0 radical (unpaired) electrons. The van der Waals surface area contributed by atoms with Crippen LogP contribution in [0.5, 0.6) is 0 Å². The van der Waals surface area contributed by atoms with Crippen LogP contribution in [-0.4, -0.2) is 106 Å². The average Bonchev–Trinajstić information content (AvgIpc) is 3.00. The Morgan fingerprint density at radius 2 is 1.35 bits per heavy atom. The summed E-state index contributed by atoms with van der Waals surface area (Å²) in [5.41, 5.74) is 2.35. The maximum absolute atomic E-state index is 10.2. The minimum absolute atomic E-state index is 0.146. The predicted octanol–water partition coefficient (Wildman–Crippen LogP) is -1.04. The minimum atomic E-state index is -1.53. The maximum Gasteiger partial charge on any atom is 0.187 e. The normalized spacial score (nSPS) is 39.0. The average molecular weight is 449 g/mol. The fourth-order valence-electron chi connectivity index (χ4n) is 3.36. The highest BCUT2D eigenvalue weighted by atomic mass is 16.7. The molecule has 10 nitrogen and oxygen atoms in total. The Kier molecular flexibility index (Phi) is 10.5. The number of hydrogen-bond donors (Lipinski definition) is 6. The highest BCUT2D eigenvalue weighted by Gasteiger charge is 2.47. The molecule has 9 atom stereocenters. The first-order valence-electron chi connectivity index (χ1n) is 10.5. The smallest absolute Gasteiger partial charge is 0.187 e. The summed E-state index contributed by atoms with van der Waals surface area (Å²) in [5, 5.41) is 59.3. The summed E-state index contributed by atoms with van der Waals surface area (Å²) in [6.45, 7) is 5.38. The summed E-state index contributed by atoms with van der Waals surface area (Å²) in [7, 11) is 0. The minimum Gasteiger partial charge on any atom is -0.394 e. The highest BCUT2D eigenvalue weighted by Crippen LogP contribution is 2.26. The van der Waals surface area contributed by atoms with Crippen molar-refractivity contribution in [2.45, 2.75) is 88.9 Å². The van der Waals surface area contributed by atoms with Crippen LogP contribution >= 0.6 is 0 Å². The van der Waals surface area contributed by atoms with Crippen LogP contribution in [0.25, 0.3) is 0 Å². The second kappa shape index (κ2) is 12.4. The van der Waals surface area contributed by atoms with Crippen LogP contribution < -0.4 is 0 Å². The fourth-order valence-corrected chi connectivity index (χ4v) is 3.36. The summed E-state index contributed by atoms with van der Waals surface area (Å²) in [6.07, 6.45) is -5.88. The molecule has 2 heterocycles. The number of aliphatic hydroxyl groups excluding tert-OH is 6. The number of allylic oxidation sites excluding steroid dienone is 3. The Bertz CT molecular complexity index is 605. The molecule has 0 saturated carbocycles. The van der Waals surface area contributed by atoms with E-state index < -0.39 is 61.9 Å². The summed E-state index contributed by atoms with van der Waals surface area (Å²) < 4.78 is 21.7. The Morgan fingerprint density at radius 1 is 0.774 bits per heavy atom. The van der Waals surface area contributed by atoms with Crippen LogP contribution in [-0.2, 0) is 18.9 Å². The fraction of sp³-hybridized carbons (Fsp3) is 0.810. The molecule has 31 heavy (non-hydrogen) atoms. The van der Waals surface area contributed by atoms with Crippen molar-refractivity contribution in [2.75, 3.05) is 19.8 Å². The molecule has 0 aromatic heterocycles. The summed E-state index contributed by atoms with van der Waals surface area (Å²) in [4.78, 5) is 0.